The van der Waals surface area contributed by atoms with Crippen LogP contribution in [-0.2, 0) is 4.74 Å². The standard InChI is InChI=1S/C13H17BrN2O4/c1-3-20-7-8(2)15-13(19)16-11-6-9(14)4-5-10(11)12(17)18/h4-6,8H,3,7H2,1-2H3,(H,17,18)(H2,15,16,19). The Morgan fingerprint density at radius 2 is 2.15 bits per heavy atom. The molecular formula is C13H17BrN2O4. The van der Waals surface area contributed by atoms with E-state index in [1.807, 2.05) is 6.92 Å². The third-order valence-corrected chi connectivity index (χ3v) is 2.90. The number of carbonyl (C=O) groups is 2. The van der Waals surface area contributed by atoms with Crippen LogP contribution in [0.15, 0.2) is 22.7 Å². The molecule has 1 rings (SSSR count). The largest absolute Gasteiger partial charge is 0.478 e. The highest BCUT2D eigenvalue weighted by Crippen LogP contribution is 2.21. The molecule has 0 aliphatic rings. The van der Waals surface area contributed by atoms with Crippen molar-refractivity contribution in [1.82, 2.24) is 5.32 Å². The van der Waals surface area contributed by atoms with Gasteiger partial charge in [0.1, 0.15) is 0 Å². The molecule has 6 nitrogen and oxygen atoms in total. The normalized spacial score (nSPS) is 11.8. The molecule has 0 fully saturated rings. The van der Waals surface area contributed by atoms with E-state index in [0.29, 0.717) is 17.7 Å². The molecule has 0 heterocycles. The Balaban J connectivity index is 2.70. The van der Waals surface area contributed by atoms with Crippen molar-refractivity contribution >= 4 is 33.6 Å². The van der Waals surface area contributed by atoms with Crippen molar-refractivity contribution in [3.63, 3.8) is 0 Å². The molecule has 0 bridgehead atoms. The van der Waals surface area contributed by atoms with Gasteiger partial charge in [-0.15, -0.1) is 0 Å². The van der Waals surface area contributed by atoms with Crippen LogP contribution >= 0.6 is 15.9 Å². The molecule has 0 saturated carbocycles. The lowest BCUT2D eigenvalue weighted by molar-refractivity contribution is 0.0698. The number of rotatable bonds is 6. The second kappa shape index (κ2) is 7.86. The summed E-state index contributed by atoms with van der Waals surface area (Å²) < 4.78 is 5.86. The highest BCUT2D eigenvalue weighted by Gasteiger charge is 2.14. The van der Waals surface area contributed by atoms with Crippen LogP contribution in [-0.4, -0.2) is 36.4 Å². The van der Waals surface area contributed by atoms with Gasteiger partial charge in [0, 0.05) is 11.1 Å². The molecule has 0 aromatic heterocycles. The number of urea groups is 1. The van der Waals surface area contributed by atoms with Crippen LogP contribution in [0.1, 0.15) is 24.2 Å². The predicted octanol–water partition coefficient (Wildman–Crippen LogP) is 2.69. The number of carboxylic acid groups (broad SMARTS) is 1. The number of halogens is 1. The second-order valence-corrected chi connectivity index (χ2v) is 5.07. The number of aromatic carboxylic acids is 1. The predicted molar refractivity (Wildman–Crippen MR) is 79.2 cm³/mol. The van der Waals surface area contributed by atoms with Crippen molar-refractivity contribution in [2.24, 2.45) is 0 Å². The van der Waals surface area contributed by atoms with Gasteiger partial charge in [-0.25, -0.2) is 9.59 Å². The lowest BCUT2D eigenvalue weighted by Gasteiger charge is -2.15. The quantitative estimate of drug-likeness (QED) is 0.740. The summed E-state index contributed by atoms with van der Waals surface area (Å²) in [6, 6.07) is 3.92. The summed E-state index contributed by atoms with van der Waals surface area (Å²) >= 11 is 3.24. The lowest BCUT2D eigenvalue weighted by Crippen LogP contribution is -2.39. The molecule has 2 amide bonds. The van der Waals surface area contributed by atoms with E-state index in [4.69, 9.17) is 9.84 Å². The fourth-order valence-corrected chi connectivity index (χ4v) is 1.89. The average molecular weight is 345 g/mol. The van der Waals surface area contributed by atoms with Crippen LogP contribution in [0.25, 0.3) is 0 Å². The number of ether oxygens (including phenoxy) is 1. The smallest absolute Gasteiger partial charge is 0.337 e. The first-order valence-electron chi connectivity index (χ1n) is 6.12. The van der Waals surface area contributed by atoms with Gasteiger partial charge < -0.3 is 20.5 Å². The summed E-state index contributed by atoms with van der Waals surface area (Å²) in [6.07, 6.45) is 0. The molecule has 20 heavy (non-hydrogen) atoms. The van der Waals surface area contributed by atoms with E-state index in [-0.39, 0.29) is 17.3 Å². The molecule has 1 unspecified atom stereocenters. The number of hydrogen-bond acceptors (Lipinski definition) is 3. The summed E-state index contributed by atoms with van der Waals surface area (Å²) in [5.41, 5.74) is 0.258. The number of nitrogens with one attached hydrogen (secondary N) is 2. The zero-order valence-electron chi connectivity index (χ0n) is 11.3. The van der Waals surface area contributed by atoms with Crippen molar-refractivity contribution in [1.29, 1.82) is 0 Å². The molecular weight excluding hydrogens is 328 g/mol. The topological polar surface area (TPSA) is 87.7 Å². The molecule has 0 saturated heterocycles. The van der Waals surface area contributed by atoms with E-state index in [1.165, 1.54) is 12.1 Å². The van der Waals surface area contributed by atoms with Crippen LogP contribution in [0.2, 0.25) is 0 Å². The Morgan fingerprint density at radius 3 is 2.75 bits per heavy atom. The second-order valence-electron chi connectivity index (χ2n) is 4.15. The van der Waals surface area contributed by atoms with Crippen LogP contribution in [0, 0.1) is 0 Å². The Morgan fingerprint density at radius 1 is 1.45 bits per heavy atom. The Hall–Kier alpha value is -1.60. The minimum atomic E-state index is -1.10. The first-order chi connectivity index (χ1) is 9.43. The maximum Gasteiger partial charge on any atom is 0.337 e. The molecule has 0 spiro atoms. The number of hydrogen-bond donors (Lipinski definition) is 3. The van der Waals surface area contributed by atoms with Gasteiger partial charge in [0.2, 0.25) is 0 Å². The van der Waals surface area contributed by atoms with Gasteiger partial charge in [-0.1, -0.05) is 15.9 Å². The van der Waals surface area contributed by atoms with Gasteiger partial charge >= 0.3 is 12.0 Å². The maximum atomic E-state index is 11.8. The highest BCUT2D eigenvalue weighted by atomic mass is 79.9. The molecule has 3 N–H and O–H groups in total. The Kier molecular flexibility index (Phi) is 6.47. The van der Waals surface area contributed by atoms with Gasteiger partial charge in [0.05, 0.1) is 23.9 Å². The van der Waals surface area contributed by atoms with E-state index in [1.54, 1.807) is 13.0 Å². The highest BCUT2D eigenvalue weighted by molar-refractivity contribution is 9.10. The van der Waals surface area contributed by atoms with Gasteiger partial charge in [-0.3, -0.25) is 0 Å². The van der Waals surface area contributed by atoms with Crippen molar-refractivity contribution in [3.05, 3.63) is 28.2 Å². The molecule has 1 atom stereocenters. The fraction of sp³-hybridized carbons (Fsp3) is 0.385. The minimum absolute atomic E-state index is 0.0285. The summed E-state index contributed by atoms with van der Waals surface area (Å²) in [7, 11) is 0. The molecule has 0 radical (unpaired) electrons. The molecule has 1 aromatic rings. The molecule has 1 aromatic carbocycles. The summed E-state index contributed by atoms with van der Waals surface area (Å²) in [6.45, 7) is 4.64. The van der Waals surface area contributed by atoms with Gasteiger partial charge in [-0.2, -0.15) is 0 Å². The summed E-state index contributed by atoms with van der Waals surface area (Å²) in [5.74, 6) is -1.10. The van der Waals surface area contributed by atoms with Gasteiger partial charge in [0.25, 0.3) is 0 Å². The van der Waals surface area contributed by atoms with Crippen LogP contribution in [0.4, 0.5) is 10.5 Å². The number of carbonyl (C=O) groups excluding carboxylic acids is 1. The average Bonchev–Trinajstić information content (AvgIpc) is 2.35. The maximum absolute atomic E-state index is 11.8. The van der Waals surface area contributed by atoms with Crippen LogP contribution in [0.5, 0.6) is 0 Å². The zero-order chi connectivity index (χ0) is 15.1. The fourth-order valence-electron chi connectivity index (χ4n) is 1.52. The number of carboxylic acids is 1. The van der Waals surface area contributed by atoms with E-state index >= 15 is 0 Å². The third-order valence-electron chi connectivity index (χ3n) is 2.41. The van der Waals surface area contributed by atoms with Crippen molar-refractivity contribution in [3.8, 4) is 0 Å². The number of benzene rings is 1. The van der Waals surface area contributed by atoms with E-state index in [2.05, 4.69) is 26.6 Å². The van der Waals surface area contributed by atoms with Gasteiger partial charge in [0.15, 0.2) is 0 Å². The van der Waals surface area contributed by atoms with Crippen molar-refractivity contribution in [2.45, 2.75) is 19.9 Å². The van der Waals surface area contributed by atoms with E-state index in [0.717, 1.165) is 0 Å². The molecule has 0 aliphatic carbocycles. The number of amides is 2. The molecule has 7 heteroatoms. The number of anilines is 1. The molecule has 0 aliphatic heterocycles. The van der Waals surface area contributed by atoms with E-state index in [9.17, 15) is 9.59 Å². The summed E-state index contributed by atoms with van der Waals surface area (Å²) in [5, 5.41) is 14.2. The van der Waals surface area contributed by atoms with Crippen LogP contribution in [0.3, 0.4) is 0 Å². The SMILES string of the molecule is CCOCC(C)NC(=O)Nc1cc(Br)ccc1C(=O)O. The minimum Gasteiger partial charge on any atom is -0.478 e. The van der Waals surface area contributed by atoms with E-state index < -0.39 is 12.0 Å². The first kappa shape index (κ1) is 16.5. The van der Waals surface area contributed by atoms with Crippen LogP contribution < -0.4 is 10.6 Å². The van der Waals surface area contributed by atoms with Crippen molar-refractivity contribution in [2.75, 3.05) is 18.5 Å². The van der Waals surface area contributed by atoms with Crippen molar-refractivity contribution < 1.29 is 19.4 Å². The zero-order valence-corrected chi connectivity index (χ0v) is 12.9. The Bertz CT molecular complexity index is 493. The first-order valence-corrected chi connectivity index (χ1v) is 6.91. The Labute approximate surface area is 125 Å². The molecule has 110 valence electrons. The lowest BCUT2D eigenvalue weighted by atomic mass is 10.2. The third kappa shape index (κ3) is 5.18. The van der Waals surface area contributed by atoms with Gasteiger partial charge in [-0.05, 0) is 32.0 Å². The monoisotopic (exact) mass is 344 g/mol. The summed E-state index contributed by atoms with van der Waals surface area (Å²) in [4.78, 5) is 22.9.